The molecule has 0 saturated carbocycles. The number of halogens is 2. The Bertz CT molecular complexity index is 970. The first-order chi connectivity index (χ1) is 11.0. The van der Waals surface area contributed by atoms with Gasteiger partial charge in [0.25, 0.3) is 5.91 Å². The number of primary amides is 1. The molecule has 2 aromatic carbocycles. The summed E-state index contributed by atoms with van der Waals surface area (Å²) < 4.78 is 0. The Kier molecular flexibility index (Phi) is 3.99. The number of fused-ring (bicyclic) bond motifs is 1. The average Bonchev–Trinajstić information content (AvgIpc) is 2.94. The number of nitriles is 1. The van der Waals surface area contributed by atoms with Gasteiger partial charge in [-0.15, -0.1) is 0 Å². The van der Waals surface area contributed by atoms with Gasteiger partial charge >= 0.3 is 0 Å². The number of hydrogen-bond donors (Lipinski definition) is 2. The van der Waals surface area contributed by atoms with Crippen LogP contribution in [0.2, 0.25) is 10.0 Å². The zero-order valence-corrected chi connectivity index (χ0v) is 13.4. The van der Waals surface area contributed by atoms with E-state index in [0.717, 1.165) is 22.0 Å². The molecule has 1 amide bonds. The second kappa shape index (κ2) is 5.96. The van der Waals surface area contributed by atoms with E-state index >= 15 is 0 Å². The minimum absolute atomic E-state index is 0.304. The van der Waals surface area contributed by atoms with Crippen LogP contribution in [0, 0.1) is 11.3 Å². The van der Waals surface area contributed by atoms with E-state index in [1.807, 2.05) is 6.07 Å². The summed E-state index contributed by atoms with van der Waals surface area (Å²) in [5.74, 6) is -0.546. The summed E-state index contributed by atoms with van der Waals surface area (Å²) in [5, 5.41) is 11.1. The Balaban J connectivity index is 2.15. The lowest BCUT2D eigenvalue weighted by molar-refractivity contribution is 0.0996. The first-order valence-electron chi connectivity index (χ1n) is 6.77. The third kappa shape index (κ3) is 3.02. The fraction of sp³-hybridized carbons (Fsp3) is 0.0588. The average molecular weight is 344 g/mol. The fourth-order valence-electron chi connectivity index (χ4n) is 2.53. The number of aromatic nitrogens is 1. The normalized spacial score (nSPS) is 10.7. The molecule has 0 unspecified atom stereocenters. The van der Waals surface area contributed by atoms with Crippen molar-refractivity contribution in [3.8, 4) is 6.07 Å². The molecule has 6 heteroatoms. The fourth-order valence-corrected chi connectivity index (χ4v) is 3.00. The van der Waals surface area contributed by atoms with E-state index in [0.29, 0.717) is 27.7 Å². The van der Waals surface area contributed by atoms with Crippen molar-refractivity contribution in [2.24, 2.45) is 5.73 Å². The molecule has 1 heterocycles. The van der Waals surface area contributed by atoms with Gasteiger partial charge in [0.1, 0.15) is 5.69 Å². The van der Waals surface area contributed by atoms with Gasteiger partial charge < -0.3 is 10.7 Å². The number of carbonyl (C=O) groups excluding carboxylic acids is 1. The van der Waals surface area contributed by atoms with Gasteiger partial charge in [-0.2, -0.15) is 5.26 Å². The lowest BCUT2D eigenvalue weighted by atomic mass is 10.0. The van der Waals surface area contributed by atoms with Crippen LogP contribution in [0.4, 0.5) is 0 Å². The maximum absolute atomic E-state index is 11.4. The quantitative estimate of drug-likeness (QED) is 0.752. The van der Waals surface area contributed by atoms with E-state index in [9.17, 15) is 10.1 Å². The minimum Gasteiger partial charge on any atom is -0.364 e. The number of benzene rings is 2. The summed E-state index contributed by atoms with van der Waals surface area (Å²) in [6, 6.07) is 12.5. The third-order valence-electron chi connectivity index (χ3n) is 3.60. The van der Waals surface area contributed by atoms with Gasteiger partial charge in [-0.05, 0) is 41.5 Å². The molecule has 0 aliphatic carbocycles. The summed E-state index contributed by atoms with van der Waals surface area (Å²) in [4.78, 5) is 14.4. The molecule has 0 saturated heterocycles. The van der Waals surface area contributed by atoms with Crippen LogP contribution in [0.25, 0.3) is 10.9 Å². The molecule has 0 atom stereocenters. The Labute approximate surface area is 142 Å². The molecule has 3 aromatic rings. The SMILES string of the molecule is N#Cc1cc(Cc2ccc(Cl)cc2Cl)c2[nH]c(C(N)=O)cc2c1. The molecule has 3 N–H and O–H groups in total. The summed E-state index contributed by atoms with van der Waals surface area (Å²) in [6.45, 7) is 0. The predicted octanol–water partition coefficient (Wildman–Crippen LogP) is 4.04. The maximum atomic E-state index is 11.4. The number of rotatable bonds is 3. The molecule has 4 nitrogen and oxygen atoms in total. The Morgan fingerprint density at radius 1 is 1.17 bits per heavy atom. The zero-order valence-electron chi connectivity index (χ0n) is 11.9. The van der Waals surface area contributed by atoms with Crippen molar-refractivity contribution in [1.82, 2.24) is 4.98 Å². The van der Waals surface area contributed by atoms with Crippen LogP contribution in [0.3, 0.4) is 0 Å². The molecule has 0 aliphatic rings. The minimum atomic E-state index is -0.546. The largest absolute Gasteiger partial charge is 0.364 e. The highest BCUT2D eigenvalue weighted by molar-refractivity contribution is 6.35. The van der Waals surface area contributed by atoms with Crippen LogP contribution < -0.4 is 5.73 Å². The number of nitrogens with one attached hydrogen (secondary N) is 1. The van der Waals surface area contributed by atoms with Gasteiger partial charge in [0.2, 0.25) is 0 Å². The standard InChI is InChI=1S/C17H11Cl2N3O/c18-13-2-1-10(14(19)7-13)5-11-3-9(8-20)4-12-6-15(17(21)23)22-16(11)12/h1-4,6-7,22H,5H2,(H2,21,23). The summed E-state index contributed by atoms with van der Waals surface area (Å²) in [7, 11) is 0. The lowest BCUT2D eigenvalue weighted by Gasteiger charge is -2.07. The number of hydrogen-bond acceptors (Lipinski definition) is 2. The smallest absolute Gasteiger partial charge is 0.265 e. The number of nitrogens with two attached hydrogens (primary N) is 1. The van der Waals surface area contributed by atoms with Gasteiger partial charge in [-0.1, -0.05) is 29.3 Å². The third-order valence-corrected chi connectivity index (χ3v) is 4.19. The first kappa shape index (κ1) is 15.4. The van der Waals surface area contributed by atoms with Gasteiger partial charge in [0, 0.05) is 27.4 Å². The van der Waals surface area contributed by atoms with Crippen LogP contribution >= 0.6 is 23.2 Å². The number of aromatic amines is 1. The summed E-state index contributed by atoms with van der Waals surface area (Å²) in [5.41, 5.74) is 8.63. The second-order valence-electron chi connectivity index (χ2n) is 5.17. The monoisotopic (exact) mass is 343 g/mol. The van der Waals surface area contributed by atoms with Gasteiger partial charge in [-0.3, -0.25) is 4.79 Å². The second-order valence-corrected chi connectivity index (χ2v) is 6.01. The highest BCUT2D eigenvalue weighted by atomic mass is 35.5. The van der Waals surface area contributed by atoms with Crippen LogP contribution in [-0.2, 0) is 6.42 Å². The molecule has 114 valence electrons. The molecule has 23 heavy (non-hydrogen) atoms. The van der Waals surface area contributed by atoms with Crippen molar-refractivity contribution in [3.63, 3.8) is 0 Å². The van der Waals surface area contributed by atoms with Crippen molar-refractivity contribution < 1.29 is 4.79 Å². The molecule has 0 spiro atoms. The van der Waals surface area contributed by atoms with E-state index in [4.69, 9.17) is 28.9 Å². The highest BCUT2D eigenvalue weighted by Crippen LogP contribution is 2.28. The van der Waals surface area contributed by atoms with E-state index < -0.39 is 5.91 Å². The van der Waals surface area contributed by atoms with E-state index in [2.05, 4.69) is 11.1 Å². The Hall–Kier alpha value is -2.48. The molecule has 0 fully saturated rings. The lowest BCUT2D eigenvalue weighted by Crippen LogP contribution is -2.10. The molecular weight excluding hydrogens is 333 g/mol. The molecule has 3 rings (SSSR count). The molecular formula is C17H11Cl2N3O. The van der Waals surface area contributed by atoms with Crippen LogP contribution in [-0.4, -0.2) is 10.9 Å². The number of H-pyrrole nitrogens is 1. The van der Waals surface area contributed by atoms with Gasteiger partial charge in [0.15, 0.2) is 0 Å². The van der Waals surface area contributed by atoms with E-state index in [1.165, 1.54) is 0 Å². The Morgan fingerprint density at radius 3 is 2.61 bits per heavy atom. The van der Waals surface area contributed by atoms with Crippen molar-refractivity contribution in [3.05, 3.63) is 68.8 Å². The summed E-state index contributed by atoms with van der Waals surface area (Å²) >= 11 is 12.1. The van der Waals surface area contributed by atoms with Crippen molar-refractivity contribution in [2.45, 2.75) is 6.42 Å². The van der Waals surface area contributed by atoms with Crippen molar-refractivity contribution >= 4 is 40.0 Å². The van der Waals surface area contributed by atoms with Crippen LogP contribution in [0.15, 0.2) is 36.4 Å². The molecule has 0 bridgehead atoms. The number of amides is 1. The zero-order chi connectivity index (χ0) is 16.6. The first-order valence-corrected chi connectivity index (χ1v) is 7.53. The van der Waals surface area contributed by atoms with Gasteiger partial charge in [-0.25, -0.2) is 0 Å². The van der Waals surface area contributed by atoms with Crippen molar-refractivity contribution in [2.75, 3.05) is 0 Å². The number of carbonyl (C=O) groups is 1. The van der Waals surface area contributed by atoms with Crippen LogP contribution in [0.5, 0.6) is 0 Å². The molecule has 0 radical (unpaired) electrons. The molecule has 0 aliphatic heterocycles. The van der Waals surface area contributed by atoms with E-state index in [1.54, 1.807) is 30.3 Å². The highest BCUT2D eigenvalue weighted by Gasteiger charge is 2.12. The maximum Gasteiger partial charge on any atom is 0.265 e. The van der Waals surface area contributed by atoms with Crippen molar-refractivity contribution in [1.29, 1.82) is 5.26 Å². The van der Waals surface area contributed by atoms with Gasteiger partial charge in [0.05, 0.1) is 11.6 Å². The Morgan fingerprint density at radius 2 is 1.96 bits per heavy atom. The predicted molar refractivity (Wildman–Crippen MR) is 90.8 cm³/mol. The summed E-state index contributed by atoms with van der Waals surface area (Å²) in [6.07, 6.45) is 0.501. The number of nitrogens with zero attached hydrogens (tertiary/aromatic N) is 1. The molecule has 1 aromatic heterocycles. The van der Waals surface area contributed by atoms with E-state index in [-0.39, 0.29) is 0 Å². The topological polar surface area (TPSA) is 82.7 Å². The van der Waals surface area contributed by atoms with Crippen LogP contribution in [0.1, 0.15) is 27.2 Å².